The molecular weight excluding hydrogens is 212 g/mol. The lowest BCUT2D eigenvalue weighted by Gasteiger charge is -2.27. The number of hydrogen-bond donors (Lipinski definition) is 3. The second-order valence-electron chi connectivity index (χ2n) is 3.95. The third kappa shape index (κ3) is 2.79. The number of aliphatic hydroxyl groups excluding tert-OH is 1. The van der Waals surface area contributed by atoms with E-state index < -0.39 is 0 Å². The number of aromatic nitrogens is 2. The molecule has 15 heavy (non-hydrogen) atoms. The number of nitrogens with two attached hydrogens (primary N) is 1. The molecular formula is C9H16N4OS. The molecule has 1 aliphatic rings. The molecule has 0 amide bonds. The highest BCUT2D eigenvalue weighted by atomic mass is 32.1. The SMILES string of the molecule is Nc1nsc(NCC2CCCCC2O)n1. The minimum Gasteiger partial charge on any atom is -0.393 e. The Balaban J connectivity index is 1.81. The van der Waals surface area contributed by atoms with Gasteiger partial charge in [0.2, 0.25) is 11.1 Å². The molecule has 1 heterocycles. The summed E-state index contributed by atoms with van der Waals surface area (Å²) < 4.78 is 3.88. The fourth-order valence-electron chi connectivity index (χ4n) is 1.95. The van der Waals surface area contributed by atoms with Gasteiger partial charge in [-0.25, -0.2) is 0 Å². The number of nitrogens with zero attached hydrogens (tertiary/aromatic N) is 2. The zero-order valence-corrected chi connectivity index (χ0v) is 9.33. The first-order chi connectivity index (χ1) is 7.25. The maximum atomic E-state index is 9.75. The van der Waals surface area contributed by atoms with E-state index >= 15 is 0 Å². The van der Waals surface area contributed by atoms with Crippen molar-refractivity contribution in [3.8, 4) is 0 Å². The normalized spacial score (nSPS) is 26.5. The standard InChI is InChI=1S/C9H16N4OS/c10-8-12-9(15-13-8)11-5-6-3-1-2-4-7(6)14/h6-7,14H,1-5H2,(H3,10,11,12,13). The fourth-order valence-corrected chi connectivity index (χ4v) is 2.45. The number of nitrogen functional groups attached to an aromatic ring is 1. The lowest BCUT2D eigenvalue weighted by molar-refractivity contribution is 0.0763. The number of rotatable bonds is 3. The molecule has 1 saturated carbocycles. The van der Waals surface area contributed by atoms with Crippen LogP contribution < -0.4 is 11.1 Å². The van der Waals surface area contributed by atoms with Gasteiger partial charge in [-0.3, -0.25) is 0 Å². The molecule has 0 saturated heterocycles. The molecule has 0 radical (unpaired) electrons. The van der Waals surface area contributed by atoms with E-state index in [0.29, 0.717) is 11.9 Å². The molecule has 0 aliphatic heterocycles. The van der Waals surface area contributed by atoms with Crippen LogP contribution in [-0.2, 0) is 0 Å². The Bertz CT molecular complexity index is 317. The summed E-state index contributed by atoms with van der Waals surface area (Å²) in [6.07, 6.45) is 4.19. The molecule has 0 spiro atoms. The van der Waals surface area contributed by atoms with Crippen molar-refractivity contribution in [2.45, 2.75) is 31.8 Å². The molecule has 1 aromatic rings. The van der Waals surface area contributed by atoms with Crippen LogP contribution >= 0.6 is 11.5 Å². The molecule has 0 bridgehead atoms. The van der Waals surface area contributed by atoms with E-state index in [1.807, 2.05) is 0 Å². The molecule has 0 aromatic carbocycles. The Hall–Kier alpha value is -0.880. The van der Waals surface area contributed by atoms with E-state index in [9.17, 15) is 5.11 Å². The predicted molar refractivity (Wildman–Crippen MR) is 60.8 cm³/mol. The third-order valence-electron chi connectivity index (χ3n) is 2.83. The van der Waals surface area contributed by atoms with Gasteiger partial charge in [0.05, 0.1) is 6.10 Å². The van der Waals surface area contributed by atoms with E-state index in [0.717, 1.165) is 30.9 Å². The van der Waals surface area contributed by atoms with Crippen LogP contribution in [0.25, 0.3) is 0 Å². The first-order valence-corrected chi connectivity index (χ1v) is 6.04. The summed E-state index contributed by atoms with van der Waals surface area (Å²) in [5.41, 5.74) is 5.41. The van der Waals surface area contributed by atoms with Gasteiger partial charge in [-0.15, -0.1) is 0 Å². The Morgan fingerprint density at radius 3 is 2.93 bits per heavy atom. The van der Waals surface area contributed by atoms with Gasteiger partial charge in [-0.1, -0.05) is 12.8 Å². The van der Waals surface area contributed by atoms with Crippen LogP contribution in [0.15, 0.2) is 0 Å². The van der Waals surface area contributed by atoms with Crippen molar-refractivity contribution >= 4 is 22.6 Å². The summed E-state index contributed by atoms with van der Waals surface area (Å²) in [6.45, 7) is 0.760. The van der Waals surface area contributed by atoms with Gasteiger partial charge in [0.15, 0.2) is 0 Å². The molecule has 2 rings (SSSR count). The quantitative estimate of drug-likeness (QED) is 0.721. The van der Waals surface area contributed by atoms with E-state index in [1.165, 1.54) is 18.0 Å². The smallest absolute Gasteiger partial charge is 0.233 e. The first kappa shape index (κ1) is 10.6. The summed E-state index contributed by atoms with van der Waals surface area (Å²) in [5.74, 6) is 0.649. The topological polar surface area (TPSA) is 84.1 Å². The van der Waals surface area contributed by atoms with E-state index in [-0.39, 0.29) is 6.10 Å². The molecule has 4 N–H and O–H groups in total. The lowest BCUT2D eigenvalue weighted by atomic mass is 9.86. The van der Waals surface area contributed by atoms with Gasteiger partial charge in [0.1, 0.15) is 0 Å². The van der Waals surface area contributed by atoms with Crippen LogP contribution in [0.1, 0.15) is 25.7 Å². The van der Waals surface area contributed by atoms with Crippen molar-refractivity contribution in [1.82, 2.24) is 9.36 Å². The zero-order valence-electron chi connectivity index (χ0n) is 8.52. The predicted octanol–water partition coefficient (Wildman–Crippen LogP) is 1.08. The highest BCUT2D eigenvalue weighted by molar-refractivity contribution is 7.09. The van der Waals surface area contributed by atoms with Crippen molar-refractivity contribution in [2.24, 2.45) is 5.92 Å². The average molecular weight is 228 g/mol. The maximum absolute atomic E-state index is 9.75. The van der Waals surface area contributed by atoms with Crippen LogP contribution in [0.2, 0.25) is 0 Å². The van der Waals surface area contributed by atoms with Gasteiger partial charge >= 0.3 is 0 Å². The Morgan fingerprint density at radius 2 is 2.27 bits per heavy atom. The number of hydrogen-bond acceptors (Lipinski definition) is 6. The van der Waals surface area contributed by atoms with E-state index in [4.69, 9.17) is 5.73 Å². The highest BCUT2D eigenvalue weighted by Gasteiger charge is 2.22. The monoisotopic (exact) mass is 228 g/mol. The van der Waals surface area contributed by atoms with Crippen molar-refractivity contribution in [3.63, 3.8) is 0 Å². The van der Waals surface area contributed by atoms with Crippen molar-refractivity contribution in [3.05, 3.63) is 0 Å². The lowest BCUT2D eigenvalue weighted by Crippen LogP contribution is -2.30. The Labute approximate surface area is 92.9 Å². The van der Waals surface area contributed by atoms with E-state index in [1.54, 1.807) is 0 Å². The second kappa shape index (κ2) is 4.76. The largest absolute Gasteiger partial charge is 0.393 e. The van der Waals surface area contributed by atoms with Crippen LogP contribution in [0, 0.1) is 5.92 Å². The highest BCUT2D eigenvalue weighted by Crippen LogP contribution is 2.25. The summed E-state index contributed by atoms with van der Waals surface area (Å²) in [5, 5.41) is 13.7. The molecule has 2 unspecified atom stereocenters. The minimum atomic E-state index is -0.170. The Morgan fingerprint density at radius 1 is 1.47 bits per heavy atom. The first-order valence-electron chi connectivity index (χ1n) is 5.27. The van der Waals surface area contributed by atoms with Gasteiger partial charge in [0, 0.05) is 24.0 Å². The van der Waals surface area contributed by atoms with Crippen LogP contribution in [0.3, 0.4) is 0 Å². The summed E-state index contributed by atoms with van der Waals surface area (Å²) in [7, 11) is 0. The Kier molecular flexibility index (Phi) is 3.37. The molecule has 1 fully saturated rings. The van der Waals surface area contributed by atoms with Crippen molar-refractivity contribution < 1.29 is 5.11 Å². The number of anilines is 2. The zero-order chi connectivity index (χ0) is 10.7. The summed E-state index contributed by atoms with van der Waals surface area (Å²) >= 11 is 1.26. The number of nitrogens with one attached hydrogen (secondary N) is 1. The molecule has 84 valence electrons. The van der Waals surface area contributed by atoms with Crippen molar-refractivity contribution in [1.29, 1.82) is 0 Å². The van der Waals surface area contributed by atoms with Crippen LogP contribution in [0.5, 0.6) is 0 Å². The van der Waals surface area contributed by atoms with Gasteiger partial charge in [-0.05, 0) is 12.8 Å². The van der Waals surface area contributed by atoms with Gasteiger partial charge in [0.25, 0.3) is 0 Å². The van der Waals surface area contributed by atoms with Gasteiger partial charge < -0.3 is 16.2 Å². The van der Waals surface area contributed by atoms with Crippen molar-refractivity contribution in [2.75, 3.05) is 17.6 Å². The summed E-state index contributed by atoms with van der Waals surface area (Å²) in [6, 6.07) is 0. The number of aliphatic hydroxyl groups is 1. The summed E-state index contributed by atoms with van der Waals surface area (Å²) in [4.78, 5) is 4.01. The van der Waals surface area contributed by atoms with Gasteiger partial charge in [-0.2, -0.15) is 9.36 Å². The molecule has 6 heteroatoms. The van der Waals surface area contributed by atoms with E-state index in [2.05, 4.69) is 14.7 Å². The van der Waals surface area contributed by atoms with Crippen LogP contribution in [0.4, 0.5) is 11.1 Å². The van der Waals surface area contributed by atoms with Crippen LogP contribution in [-0.4, -0.2) is 27.1 Å². The molecule has 1 aliphatic carbocycles. The minimum absolute atomic E-state index is 0.170. The molecule has 1 aromatic heterocycles. The average Bonchev–Trinajstić information content (AvgIpc) is 2.63. The fraction of sp³-hybridized carbons (Fsp3) is 0.778. The molecule has 5 nitrogen and oxygen atoms in total. The second-order valence-corrected chi connectivity index (χ2v) is 4.70. The third-order valence-corrected chi connectivity index (χ3v) is 3.51. The molecule has 2 atom stereocenters. The maximum Gasteiger partial charge on any atom is 0.233 e.